The molecule has 0 aliphatic heterocycles. The fourth-order valence-corrected chi connectivity index (χ4v) is 5.06. The Hall–Kier alpha value is -4.23. The summed E-state index contributed by atoms with van der Waals surface area (Å²) in [5, 5.41) is 11.3. The summed E-state index contributed by atoms with van der Waals surface area (Å²) in [6, 6.07) is 28.3. The summed E-state index contributed by atoms with van der Waals surface area (Å²) in [6.45, 7) is 0.968. The summed E-state index contributed by atoms with van der Waals surface area (Å²) in [6.07, 6.45) is 0.502. The molecule has 1 N–H and O–H groups in total. The van der Waals surface area contributed by atoms with Crippen molar-refractivity contribution in [3.05, 3.63) is 118 Å². The number of carbonyl (C=O) groups is 3. The molecule has 7 heteroatoms. The molecule has 0 bridgehead atoms. The third-order valence-corrected chi connectivity index (χ3v) is 7.24. The van der Waals surface area contributed by atoms with Crippen molar-refractivity contribution in [2.75, 3.05) is 20.1 Å². The van der Waals surface area contributed by atoms with Crippen molar-refractivity contribution in [2.24, 2.45) is 0 Å². The Kier molecular flexibility index (Phi) is 9.06. The highest BCUT2D eigenvalue weighted by molar-refractivity contribution is 7.09. The maximum Gasteiger partial charge on any atom is 0.305 e. The summed E-state index contributed by atoms with van der Waals surface area (Å²) in [7, 11) is 1.77. The molecule has 0 radical (unpaired) electrons. The largest absolute Gasteiger partial charge is 0.481 e. The molecule has 0 saturated heterocycles. The first kappa shape index (κ1) is 26.8. The molecule has 0 aliphatic rings. The van der Waals surface area contributed by atoms with Gasteiger partial charge in [-0.1, -0.05) is 72.8 Å². The minimum atomic E-state index is -0.954. The van der Waals surface area contributed by atoms with Crippen LogP contribution in [0.2, 0.25) is 0 Å². The molecule has 0 aliphatic carbocycles. The van der Waals surface area contributed by atoms with Crippen molar-refractivity contribution in [3.63, 3.8) is 0 Å². The van der Waals surface area contributed by atoms with Crippen molar-refractivity contribution in [2.45, 2.75) is 19.4 Å². The lowest BCUT2D eigenvalue weighted by molar-refractivity contribution is -0.137. The van der Waals surface area contributed by atoms with Crippen LogP contribution in [0.25, 0.3) is 11.1 Å². The van der Waals surface area contributed by atoms with Gasteiger partial charge in [-0.15, -0.1) is 11.3 Å². The Morgan fingerprint density at radius 1 is 0.737 bits per heavy atom. The van der Waals surface area contributed by atoms with Gasteiger partial charge in [0.05, 0.1) is 6.42 Å². The number of thiophene rings is 1. The minimum Gasteiger partial charge on any atom is -0.481 e. The quantitative estimate of drug-likeness (QED) is 0.266. The van der Waals surface area contributed by atoms with Crippen LogP contribution in [0.3, 0.4) is 0 Å². The van der Waals surface area contributed by atoms with E-state index in [-0.39, 0.29) is 24.8 Å². The molecule has 4 aromatic rings. The second kappa shape index (κ2) is 12.8. The molecule has 0 unspecified atom stereocenters. The second-order valence-corrected chi connectivity index (χ2v) is 10.0. The Morgan fingerprint density at radius 2 is 1.34 bits per heavy atom. The van der Waals surface area contributed by atoms with Crippen molar-refractivity contribution < 1.29 is 19.5 Å². The SMILES string of the molecule is CN(Cc1ccccc1)C(=O)c1ccccc1-c1ccccc1C(=O)N(CCC(=O)O)CCc1cccs1. The van der Waals surface area contributed by atoms with Crippen LogP contribution < -0.4 is 0 Å². The maximum absolute atomic E-state index is 13.8. The number of hydrogen-bond donors (Lipinski definition) is 1. The van der Waals surface area contributed by atoms with Crippen LogP contribution in [0.15, 0.2) is 96.4 Å². The van der Waals surface area contributed by atoms with Gasteiger partial charge in [0.25, 0.3) is 11.8 Å². The van der Waals surface area contributed by atoms with E-state index in [0.29, 0.717) is 41.8 Å². The van der Waals surface area contributed by atoms with E-state index < -0.39 is 5.97 Å². The van der Waals surface area contributed by atoms with E-state index in [1.54, 1.807) is 46.4 Å². The molecule has 0 fully saturated rings. The molecule has 0 saturated carbocycles. The highest BCUT2D eigenvalue weighted by Crippen LogP contribution is 2.29. The van der Waals surface area contributed by atoms with Crippen LogP contribution in [0, 0.1) is 0 Å². The summed E-state index contributed by atoms with van der Waals surface area (Å²) in [5.41, 5.74) is 3.27. The zero-order valence-corrected chi connectivity index (χ0v) is 22.1. The number of amides is 2. The molecule has 38 heavy (non-hydrogen) atoms. The molecule has 0 atom stereocenters. The average molecular weight is 527 g/mol. The first-order valence-corrected chi connectivity index (χ1v) is 13.3. The number of nitrogens with zero attached hydrogens (tertiary/aromatic N) is 2. The van der Waals surface area contributed by atoms with E-state index in [4.69, 9.17) is 0 Å². The van der Waals surface area contributed by atoms with Gasteiger partial charge >= 0.3 is 5.97 Å². The summed E-state index contributed by atoms with van der Waals surface area (Å²) < 4.78 is 0. The Labute approximate surface area is 226 Å². The highest BCUT2D eigenvalue weighted by Gasteiger charge is 2.23. The number of carboxylic acid groups (broad SMARTS) is 1. The zero-order chi connectivity index (χ0) is 26.9. The predicted molar refractivity (Wildman–Crippen MR) is 150 cm³/mol. The smallest absolute Gasteiger partial charge is 0.305 e. The third kappa shape index (κ3) is 6.75. The van der Waals surface area contributed by atoms with E-state index in [1.165, 1.54) is 0 Å². The number of carbonyl (C=O) groups excluding carboxylic acids is 2. The van der Waals surface area contributed by atoms with E-state index in [0.717, 1.165) is 10.4 Å². The molecule has 6 nitrogen and oxygen atoms in total. The Morgan fingerprint density at radius 3 is 1.95 bits per heavy atom. The summed E-state index contributed by atoms with van der Waals surface area (Å²) >= 11 is 1.61. The predicted octanol–water partition coefficient (Wildman–Crippen LogP) is 5.85. The van der Waals surface area contributed by atoms with Crippen molar-refractivity contribution in [1.82, 2.24) is 9.80 Å². The average Bonchev–Trinajstić information content (AvgIpc) is 3.46. The Balaban J connectivity index is 1.64. The summed E-state index contributed by atoms with van der Waals surface area (Å²) in [4.78, 5) is 43.1. The van der Waals surface area contributed by atoms with Crippen LogP contribution in [0.1, 0.15) is 37.6 Å². The molecule has 1 aromatic heterocycles. The third-order valence-electron chi connectivity index (χ3n) is 6.31. The molecule has 2 amide bonds. The van der Waals surface area contributed by atoms with Gasteiger partial charge < -0.3 is 14.9 Å². The van der Waals surface area contributed by atoms with E-state index >= 15 is 0 Å². The van der Waals surface area contributed by atoms with Gasteiger partial charge in [0.2, 0.25) is 0 Å². The van der Waals surface area contributed by atoms with Crippen LogP contribution in [0.4, 0.5) is 0 Å². The first-order valence-electron chi connectivity index (χ1n) is 12.5. The van der Waals surface area contributed by atoms with Gasteiger partial charge in [-0.3, -0.25) is 14.4 Å². The number of hydrogen-bond acceptors (Lipinski definition) is 4. The molecule has 1 heterocycles. The molecular formula is C31H30N2O4S. The van der Waals surface area contributed by atoms with Gasteiger partial charge in [0.15, 0.2) is 0 Å². The van der Waals surface area contributed by atoms with E-state index in [1.807, 2.05) is 78.2 Å². The summed E-state index contributed by atoms with van der Waals surface area (Å²) in [5.74, 6) is -1.35. The molecule has 0 spiro atoms. The van der Waals surface area contributed by atoms with E-state index in [2.05, 4.69) is 0 Å². The second-order valence-electron chi connectivity index (χ2n) is 9.00. The van der Waals surface area contributed by atoms with Gasteiger partial charge in [-0.2, -0.15) is 0 Å². The van der Waals surface area contributed by atoms with Crippen LogP contribution >= 0.6 is 11.3 Å². The number of rotatable bonds is 11. The van der Waals surface area contributed by atoms with Gasteiger partial charge in [-0.05, 0) is 46.7 Å². The number of carboxylic acids is 1. The molecule has 3 aromatic carbocycles. The molecule has 194 valence electrons. The first-order chi connectivity index (χ1) is 18.4. The van der Waals surface area contributed by atoms with E-state index in [9.17, 15) is 19.5 Å². The fraction of sp³-hybridized carbons (Fsp3) is 0.194. The van der Waals surface area contributed by atoms with Crippen LogP contribution in [-0.4, -0.2) is 52.8 Å². The van der Waals surface area contributed by atoms with Crippen molar-refractivity contribution in [1.29, 1.82) is 0 Å². The lowest BCUT2D eigenvalue weighted by Crippen LogP contribution is -2.35. The normalized spacial score (nSPS) is 10.7. The highest BCUT2D eigenvalue weighted by atomic mass is 32.1. The number of aliphatic carboxylic acids is 1. The lowest BCUT2D eigenvalue weighted by atomic mass is 9.94. The van der Waals surface area contributed by atoms with Gasteiger partial charge in [0.1, 0.15) is 0 Å². The topological polar surface area (TPSA) is 77.9 Å². The number of benzene rings is 3. The molecular weight excluding hydrogens is 496 g/mol. The fourth-order valence-electron chi connectivity index (χ4n) is 4.36. The Bertz CT molecular complexity index is 1390. The van der Waals surface area contributed by atoms with Gasteiger partial charge in [-0.25, -0.2) is 0 Å². The van der Waals surface area contributed by atoms with Crippen molar-refractivity contribution in [3.8, 4) is 11.1 Å². The minimum absolute atomic E-state index is 0.105. The standard InChI is InChI=1S/C31H30N2O4S/c1-32(22-23-10-3-2-4-11-23)30(36)27-15-7-5-13-25(27)26-14-6-8-16-28(26)31(37)33(20-18-29(34)35)19-17-24-12-9-21-38-24/h2-16,21H,17-20,22H2,1H3,(H,34,35). The van der Waals surface area contributed by atoms with Crippen LogP contribution in [0.5, 0.6) is 0 Å². The van der Waals surface area contributed by atoms with Crippen LogP contribution in [-0.2, 0) is 17.8 Å². The van der Waals surface area contributed by atoms with Gasteiger partial charge in [0, 0.05) is 42.7 Å². The lowest BCUT2D eigenvalue weighted by Gasteiger charge is -2.24. The monoisotopic (exact) mass is 526 g/mol. The van der Waals surface area contributed by atoms with Crippen molar-refractivity contribution >= 4 is 29.1 Å². The maximum atomic E-state index is 13.8. The molecule has 4 rings (SSSR count). The zero-order valence-electron chi connectivity index (χ0n) is 21.2.